The van der Waals surface area contributed by atoms with Crippen LogP contribution in [0.4, 0.5) is 10.5 Å². The van der Waals surface area contributed by atoms with E-state index < -0.39 is 0 Å². The van der Waals surface area contributed by atoms with Gasteiger partial charge in [-0.3, -0.25) is 0 Å². The van der Waals surface area contributed by atoms with Crippen LogP contribution in [-0.4, -0.2) is 44.8 Å². The number of rotatable bonds is 2. The molecule has 8 heteroatoms. The van der Waals surface area contributed by atoms with Crippen LogP contribution in [0.2, 0.25) is 0 Å². The molecule has 0 saturated carbocycles. The molecule has 8 nitrogen and oxygen atoms in total. The summed E-state index contributed by atoms with van der Waals surface area (Å²) in [7, 11) is 0. The monoisotopic (exact) mass is 341 g/mol. The minimum absolute atomic E-state index is 0.0433. The summed E-state index contributed by atoms with van der Waals surface area (Å²) in [5.41, 5.74) is 0.726. The zero-order valence-electron chi connectivity index (χ0n) is 13.7. The van der Waals surface area contributed by atoms with Gasteiger partial charge >= 0.3 is 6.03 Å². The average molecular weight is 341 g/mol. The smallest absolute Gasteiger partial charge is 0.322 e. The quantitative estimate of drug-likeness (QED) is 0.907. The lowest BCUT2D eigenvalue weighted by Gasteiger charge is -2.38. The number of nitrogens with zero attached hydrogens (tertiary/aromatic N) is 4. The third-order valence-corrected chi connectivity index (χ3v) is 5.33. The van der Waals surface area contributed by atoms with E-state index in [1.165, 1.54) is 0 Å². The van der Waals surface area contributed by atoms with E-state index >= 15 is 0 Å². The highest BCUT2D eigenvalue weighted by molar-refractivity contribution is 5.90. The van der Waals surface area contributed by atoms with Gasteiger partial charge in [0.1, 0.15) is 0 Å². The fourth-order valence-electron chi connectivity index (χ4n) is 4.25. The maximum absolute atomic E-state index is 12.8. The Bertz CT molecular complexity index is 780. The van der Waals surface area contributed by atoms with Crippen molar-refractivity contribution in [3.05, 3.63) is 30.6 Å². The SMILES string of the molecule is O=C(Nc1ccc2c(c1)OCO2)N1C2CCC1CC(n1nccn1)C2. The minimum Gasteiger partial charge on any atom is -0.454 e. The summed E-state index contributed by atoms with van der Waals surface area (Å²) >= 11 is 0. The Morgan fingerprint density at radius 1 is 1.04 bits per heavy atom. The van der Waals surface area contributed by atoms with E-state index in [4.69, 9.17) is 9.47 Å². The van der Waals surface area contributed by atoms with Crippen molar-refractivity contribution in [2.75, 3.05) is 12.1 Å². The Balaban J connectivity index is 1.30. The molecule has 3 aliphatic rings. The molecule has 130 valence electrons. The van der Waals surface area contributed by atoms with E-state index in [1.54, 1.807) is 17.2 Å². The van der Waals surface area contributed by atoms with Crippen molar-refractivity contribution in [3.63, 3.8) is 0 Å². The number of urea groups is 1. The number of hydrogen-bond donors (Lipinski definition) is 1. The standard InChI is InChI=1S/C17H19N5O3/c23-17(20-11-1-4-15-16(7-11)25-10-24-15)21-12-2-3-13(21)9-14(8-12)22-18-5-6-19-22/h1,4-7,12-14H,2-3,8-10H2,(H,20,23). The van der Waals surface area contributed by atoms with Gasteiger partial charge in [-0.1, -0.05) is 0 Å². The molecule has 1 N–H and O–H groups in total. The summed E-state index contributed by atoms with van der Waals surface area (Å²) in [6, 6.07) is 6.19. The summed E-state index contributed by atoms with van der Waals surface area (Å²) in [6.45, 7) is 0.228. The lowest BCUT2D eigenvalue weighted by Crippen LogP contribution is -2.49. The Hall–Kier alpha value is -2.77. The second kappa shape index (κ2) is 5.65. The molecule has 0 radical (unpaired) electrons. The molecule has 2 bridgehead atoms. The average Bonchev–Trinajstić information content (AvgIpc) is 3.34. The highest BCUT2D eigenvalue weighted by atomic mass is 16.7. The molecule has 4 heterocycles. The van der Waals surface area contributed by atoms with Crippen LogP contribution in [0.15, 0.2) is 30.6 Å². The summed E-state index contributed by atoms with van der Waals surface area (Å²) in [4.78, 5) is 16.6. The molecule has 2 amide bonds. The van der Waals surface area contributed by atoms with Crippen molar-refractivity contribution in [1.29, 1.82) is 0 Å². The van der Waals surface area contributed by atoms with Gasteiger partial charge in [0.05, 0.1) is 18.4 Å². The fraction of sp³-hybridized carbons (Fsp3) is 0.471. The predicted octanol–water partition coefficient (Wildman–Crippen LogP) is 2.41. The first-order chi connectivity index (χ1) is 12.3. The first-order valence-corrected chi connectivity index (χ1v) is 8.63. The van der Waals surface area contributed by atoms with Gasteiger partial charge in [0.15, 0.2) is 11.5 Å². The number of benzene rings is 1. The molecule has 1 aromatic carbocycles. The molecule has 3 aliphatic heterocycles. The zero-order chi connectivity index (χ0) is 16.8. The predicted molar refractivity (Wildman–Crippen MR) is 88.5 cm³/mol. The molecule has 2 atom stereocenters. The lowest BCUT2D eigenvalue weighted by atomic mass is 9.98. The molecule has 5 rings (SSSR count). The molecule has 1 aromatic heterocycles. The van der Waals surface area contributed by atoms with Crippen LogP contribution in [-0.2, 0) is 0 Å². The fourth-order valence-corrected chi connectivity index (χ4v) is 4.25. The van der Waals surface area contributed by atoms with Crippen LogP contribution >= 0.6 is 0 Å². The molecule has 2 aromatic rings. The molecule has 0 spiro atoms. The Morgan fingerprint density at radius 2 is 1.76 bits per heavy atom. The van der Waals surface area contributed by atoms with Crippen LogP contribution < -0.4 is 14.8 Å². The van der Waals surface area contributed by atoms with Gasteiger partial charge < -0.3 is 19.7 Å². The molecular weight excluding hydrogens is 322 g/mol. The van der Waals surface area contributed by atoms with Crippen molar-refractivity contribution in [1.82, 2.24) is 19.9 Å². The number of nitrogens with one attached hydrogen (secondary N) is 1. The minimum atomic E-state index is -0.0433. The number of amides is 2. The van der Waals surface area contributed by atoms with Crippen molar-refractivity contribution in [3.8, 4) is 11.5 Å². The Labute approximate surface area is 144 Å². The molecule has 2 unspecified atom stereocenters. The number of piperidine rings is 1. The highest BCUT2D eigenvalue weighted by Gasteiger charge is 2.44. The van der Waals surface area contributed by atoms with Crippen molar-refractivity contribution in [2.45, 2.75) is 43.8 Å². The molecule has 25 heavy (non-hydrogen) atoms. The van der Waals surface area contributed by atoms with Crippen molar-refractivity contribution < 1.29 is 14.3 Å². The van der Waals surface area contributed by atoms with Crippen LogP contribution in [0.25, 0.3) is 0 Å². The maximum atomic E-state index is 12.8. The van der Waals surface area contributed by atoms with Crippen molar-refractivity contribution in [2.24, 2.45) is 0 Å². The summed E-state index contributed by atoms with van der Waals surface area (Å²) in [5, 5.41) is 11.5. The number of fused-ring (bicyclic) bond motifs is 3. The van der Waals surface area contributed by atoms with E-state index in [1.807, 2.05) is 23.1 Å². The number of aromatic nitrogens is 3. The Morgan fingerprint density at radius 3 is 2.52 bits per heavy atom. The van der Waals surface area contributed by atoms with Gasteiger partial charge in [-0.05, 0) is 37.8 Å². The normalized spacial score (nSPS) is 26.7. The van der Waals surface area contributed by atoms with E-state index in [0.29, 0.717) is 11.5 Å². The molecular formula is C17H19N5O3. The molecule has 0 aliphatic carbocycles. The van der Waals surface area contributed by atoms with Gasteiger partial charge in [-0.2, -0.15) is 15.0 Å². The second-order valence-electron chi connectivity index (χ2n) is 6.77. The first-order valence-electron chi connectivity index (χ1n) is 8.63. The third kappa shape index (κ3) is 2.48. The molecule has 2 saturated heterocycles. The van der Waals surface area contributed by atoms with Gasteiger partial charge in [0.25, 0.3) is 0 Å². The van der Waals surface area contributed by atoms with Crippen molar-refractivity contribution >= 4 is 11.7 Å². The number of hydrogen-bond acceptors (Lipinski definition) is 5. The summed E-state index contributed by atoms with van der Waals surface area (Å²) in [6.07, 6.45) is 7.30. The topological polar surface area (TPSA) is 81.5 Å². The van der Waals surface area contributed by atoms with E-state index in [-0.39, 0.29) is 30.9 Å². The largest absolute Gasteiger partial charge is 0.454 e. The number of carbonyl (C=O) groups is 1. The summed E-state index contributed by atoms with van der Waals surface area (Å²) < 4.78 is 10.7. The maximum Gasteiger partial charge on any atom is 0.322 e. The van der Waals surface area contributed by atoms with Crippen LogP contribution in [0, 0.1) is 0 Å². The van der Waals surface area contributed by atoms with E-state index in [9.17, 15) is 4.79 Å². The van der Waals surface area contributed by atoms with Gasteiger partial charge in [0, 0.05) is 23.8 Å². The number of anilines is 1. The van der Waals surface area contributed by atoms with Gasteiger partial charge in [0.2, 0.25) is 6.79 Å². The van der Waals surface area contributed by atoms with E-state index in [2.05, 4.69) is 15.5 Å². The lowest BCUT2D eigenvalue weighted by molar-refractivity contribution is 0.124. The van der Waals surface area contributed by atoms with Crippen LogP contribution in [0.5, 0.6) is 11.5 Å². The summed E-state index contributed by atoms with van der Waals surface area (Å²) in [5.74, 6) is 1.38. The van der Waals surface area contributed by atoms with Crippen LogP contribution in [0.1, 0.15) is 31.7 Å². The number of carbonyl (C=O) groups excluding carboxylic acids is 1. The first kappa shape index (κ1) is 14.6. The highest BCUT2D eigenvalue weighted by Crippen LogP contribution is 2.41. The number of ether oxygens (including phenoxy) is 2. The second-order valence-corrected chi connectivity index (χ2v) is 6.77. The Kier molecular flexibility index (Phi) is 3.29. The van der Waals surface area contributed by atoms with E-state index in [0.717, 1.165) is 31.4 Å². The molecule has 2 fully saturated rings. The van der Waals surface area contributed by atoms with Gasteiger partial charge in [-0.25, -0.2) is 4.79 Å². The third-order valence-electron chi connectivity index (χ3n) is 5.33. The van der Waals surface area contributed by atoms with Crippen LogP contribution in [0.3, 0.4) is 0 Å². The van der Waals surface area contributed by atoms with Gasteiger partial charge in [-0.15, -0.1) is 0 Å². The zero-order valence-corrected chi connectivity index (χ0v) is 13.7.